The Hall–Kier alpha value is -1.28. The molecule has 4 unspecified atom stereocenters. The Labute approximate surface area is 178 Å². The van der Waals surface area contributed by atoms with E-state index in [0.717, 1.165) is 6.08 Å². The van der Waals surface area contributed by atoms with Crippen molar-refractivity contribution in [2.75, 3.05) is 14.2 Å². The third kappa shape index (κ3) is 4.15. The molecule has 0 fully saturated rings. The number of alkyl halides is 4. The van der Waals surface area contributed by atoms with Crippen LogP contribution in [-0.4, -0.2) is 53.9 Å². The van der Waals surface area contributed by atoms with Gasteiger partial charge in [-0.05, 0) is 12.2 Å². The molecule has 0 radical (unpaired) electrons. The van der Waals surface area contributed by atoms with E-state index in [9.17, 15) is 18.3 Å². The molecular formula is C20H23Cl2F3N2O2. The summed E-state index contributed by atoms with van der Waals surface area (Å²) >= 11 is 12.9. The number of allylic oxidation sites excluding steroid dienone is 5. The lowest BCUT2D eigenvalue weighted by Gasteiger charge is -2.34. The smallest absolute Gasteiger partial charge is 0.364 e. The summed E-state index contributed by atoms with van der Waals surface area (Å²) in [6.07, 6.45) is 0.391. The molecule has 0 saturated carbocycles. The highest BCUT2D eigenvalue weighted by molar-refractivity contribution is 6.32. The fourth-order valence-corrected chi connectivity index (χ4v) is 4.64. The van der Waals surface area contributed by atoms with Crippen LogP contribution < -0.4 is 0 Å². The van der Waals surface area contributed by atoms with Crippen LogP contribution >= 0.6 is 23.2 Å². The average molecular weight is 451 g/mol. The van der Waals surface area contributed by atoms with E-state index in [1.165, 1.54) is 13.2 Å². The van der Waals surface area contributed by atoms with Gasteiger partial charge >= 0.3 is 6.18 Å². The Morgan fingerprint density at radius 1 is 1.34 bits per heavy atom. The van der Waals surface area contributed by atoms with Gasteiger partial charge in [-0.15, -0.1) is 11.6 Å². The third-order valence-corrected chi connectivity index (χ3v) is 6.53. The Bertz CT molecular complexity index is 843. The lowest BCUT2D eigenvalue weighted by molar-refractivity contribution is -0.0896. The van der Waals surface area contributed by atoms with Gasteiger partial charge < -0.3 is 14.7 Å². The molecule has 1 aliphatic heterocycles. The summed E-state index contributed by atoms with van der Waals surface area (Å²) in [5, 5.41) is 9.86. The number of aliphatic hydroxyl groups is 1. The van der Waals surface area contributed by atoms with Crippen LogP contribution in [0, 0.1) is 11.3 Å². The number of nitrogens with zero attached hydrogens (tertiary/aromatic N) is 2. The molecule has 0 spiro atoms. The number of halogens is 5. The number of hydrogen-bond donors (Lipinski definition) is 1. The Morgan fingerprint density at radius 2 is 2.00 bits per heavy atom. The summed E-state index contributed by atoms with van der Waals surface area (Å²) in [6.45, 7) is 3.48. The summed E-state index contributed by atoms with van der Waals surface area (Å²) in [7, 11) is 3.06. The lowest BCUT2D eigenvalue weighted by Crippen LogP contribution is -2.35. The summed E-state index contributed by atoms with van der Waals surface area (Å²) < 4.78 is 45.0. The number of aliphatic imine (C=N–C) groups is 1. The number of fused-ring (bicyclic) bond motifs is 1. The minimum Gasteiger partial charge on any atom is -0.364 e. The van der Waals surface area contributed by atoms with E-state index in [1.807, 2.05) is 0 Å². The molecule has 0 saturated heterocycles. The molecule has 3 rings (SSSR count). The van der Waals surface area contributed by atoms with E-state index in [2.05, 4.69) is 0 Å². The molecule has 0 aromatic rings. The number of rotatable bonds is 4. The number of amidine groups is 1. The standard InChI is InChI=1S/C20H23Cl2F3N2O2/c1-19(2)9-10(20(23,24)25)7-14-17(19)26-15(27(14)3)8-12-13(21)6-5-11(16(12)22)18(28)29-4/h5-7,9,12,16-18,28H,8H2,1-4H3. The van der Waals surface area contributed by atoms with Crippen molar-refractivity contribution in [2.45, 2.75) is 44.2 Å². The second-order valence-corrected chi connectivity index (χ2v) is 8.92. The van der Waals surface area contributed by atoms with Crippen molar-refractivity contribution in [1.82, 2.24) is 4.90 Å². The van der Waals surface area contributed by atoms with Crippen LogP contribution in [0.1, 0.15) is 20.3 Å². The van der Waals surface area contributed by atoms with Crippen LogP contribution in [0.25, 0.3) is 0 Å². The van der Waals surface area contributed by atoms with Gasteiger partial charge in [0, 0.05) is 48.2 Å². The van der Waals surface area contributed by atoms with Gasteiger partial charge in [0.15, 0.2) is 6.29 Å². The molecule has 1 N–H and O–H groups in total. The number of likely N-dealkylation sites (N-methyl/N-ethyl adjacent to an activating group) is 1. The molecule has 2 aliphatic carbocycles. The first-order valence-corrected chi connectivity index (χ1v) is 9.92. The molecule has 160 valence electrons. The zero-order chi connectivity index (χ0) is 21.7. The molecule has 3 aliphatic rings. The maximum Gasteiger partial charge on any atom is 0.416 e. The lowest BCUT2D eigenvalue weighted by atomic mass is 9.77. The molecule has 29 heavy (non-hydrogen) atoms. The highest BCUT2D eigenvalue weighted by atomic mass is 35.5. The van der Waals surface area contributed by atoms with E-state index in [-0.39, 0.29) is 5.92 Å². The van der Waals surface area contributed by atoms with Crippen LogP contribution in [0.2, 0.25) is 0 Å². The van der Waals surface area contributed by atoms with Crippen LogP contribution in [-0.2, 0) is 4.74 Å². The minimum absolute atomic E-state index is 0.318. The fourth-order valence-electron chi connectivity index (χ4n) is 3.91. The van der Waals surface area contributed by atoms with Crippen molar-refractivity contribution >= 4 is 29.0 Å². The molecule has 0 aromatic heterocycles. The molecule has 0 bridgehead atoms. The van der Waals surface area contributed by atoms with Gasteiger partial charge in [-0.25, -0.2) is 0 Å². The molecule has 4 nitrogen and oxygen atoms in total. The Morgan fingerprint density at radius 3 is 2.59 bits per heavy atom. The minimum atomic E-state index is -4.43. The topological polar surface area (TPSA) is 45.1 Å². The first kappa shape index (κ1) is 22.4. The predicted octanol–water partition coefficient (Wildman–Crippen LogP) is 4.75. The van der Waals surface area contributed by atoms with Crippen LogP contribution in [0.3, 0.4) is 0 Å². The second kappa shape index (κ2) is 7.76. The van der Waals surface area contributed by atoms with Crippen molar-refractivity contribution in [3.05, 3.63) is 46.2 Å². The SMILES string of the molecule is COC(O)C1=CC=C(Cl)C(CC2=NC3C(=CC(C(F)(F)F)=CC3(C)C)N2C)C1Cl. The van der Waals surface area contributed by atoms with Gasteiger partial charge in [0.25, 0.3) is 0 Å². The van der Waals surface area contributed by atoms with Gasteiger partial charge in [-0.2, -0.15) is 13.2 Å². The zero-order valence-electron chi connectivity index (χ0n) is 16.5. The quantitative estimate of drug-likeness (QED) is 0.496. The third-order valence-electron chi connectivity index (χ3n) is 5.57. The van der Waals surface area contributed by atoms with E-state index in [4.69, 9.17) is 32.9 Å². The van der Waals surface area contributed by atoms with Crippen molar-refractivity contribution in [2.24, 2.45) is 16.3 Å². The van der Waals surface area contributed by atoms with E-state index < -0.39 is 34.9 Å². The molecule has 1 heterocycles. The molecule has 9 heteroatoms. The van der Waals surface area contributed by atoms with E-state index >= 15 is 0 Å². The van der Waals surface area contributed by atoms with Crippen LogP contribution in [0.4, 0.5) is 13.2 Å². The number of ether oxygens (including phenoxy) is 1. The average Bonchev–Trinajstić information content (AvgIpc) is 2.94. The zero-order valence-corrected chi connectivity index (χ0v) is 18.0. The highest BCUT2D eigenvalue weighted by Gasteiger charge is 2.46. The Balaban J connectivity index is 1.88. The number of hydrogen-bond acceptors (Lipinski definition) is 4. The van der Waals surface area contributed by atoms with Crippen molar-refractivity contribution in [3.63, 3.8) is 0 Å². The largest absolute Gasteiger partial charge is 0.416 e. The van der Waals surface area contributed by atoms with Gasteiger partial charge in [0.2, 0.25) is 0 Å². The maximum absolute atomic E-state index is 13.3. The molecule has 0 aromatic carbocycles. The molecule has 0 amide bonds. The normalized spacial score (nSPS) is 30.1. The second-order valence-electron chi connectivity index (χ2n) is 8.01. The predicted molar refractivity (Wildman–Crippen MR) is 108 cm³/mol. The van der Waals surface area contributed by atoms with Crippen LogP contribution in [0.5, 0.6) is 0 Å². The summed E-state index contributed by atoms with van der Waals surface area (Å²) in [5.74, 6) is 0.213. The van der Waals surface area contributed by atoms with Gasteiger partial charge in [0.05, 0.1) is 11.0 Å². The summed E-state index contributed by atoms with van der Waals surface area (Å²) in [4.78, 5) is 6.40. The van der Waals surface area contributed by atoms with E-state index in [0.29, 0.717) is 28.6 Å². The molecular weight excluding hydrogens is 428 g/mol. The maximum atomic E-state index is 13.3. The number of methoxy groups -OCH3 is 1. The fraction of sp³-hybridized carbons (Fsp3) is 0.550. The summed E-state index contributed by atoms with van der Waals surface area (Å²) in [5.41, 5.74) is -0.497. The summed E-state index contributed by atoms with van der Waals surface area (Å²) in [6, 6.07) is -0.423. The van der Waals surface area contributed by atoms with Crippen molar-refractivity contribution < 1.29 is 23.0 Å². The van der Waals surface area contributed by atoms with Gasteiger partial charge in [-0.3, -0.25) is 4.99 Å². The highest BCUT2D eigenvalue weighted by Crippen LogP contribution is 2.45. The molecule has 4 atom stereocenters. The van der Waals surface area contributed by atoms with Crippen LogP contribution in [0.15, 0.2) is 51.2 Å². The van der Waals surface area contributed by atoms with E-state index in [1.54, 1.807) is 37.9 Å². The Kier molecular flexibility index (Phi) is 6.00. The van der Waals surface area contributed by atoms with Gasteiger partial charge in [0.1, 0.15) is 11.9 Å². The first-order chi connectivity index (χ1) is 13.4. The monoisotopic (exact) mass is 450 g/mol. The first-order valence-electron chi connectivity index (χ1n) is 9.11. The van der Waals surface area contributed by atoms with Gasteiger partial charge in [-0.1, -0.05) is 37.6 Å². The van der Waals surface area contributed by atoms with Crippen molar-refractivity contribution in [3.8, 4) is 0 Å². The number of aliphatic hydroxyl groups excluding tert-OH is 1. The van der Waals surface area contributed by atoms with Crippen molar-refractivity contribution in [1.29, 1.82) is 0 Å².